The highest BCUT2D eigenvalue weighted by Gasteiger charge is 2.84. The van der Waals surface area contributed by atoms with Crippen LogP contribution < -0.4 is 0 Å². The van der Waals surface area contributed by atoms with E-state index in [1.165, 1.54) is 103 Å². The zero-order chi connectivity index (χ0) is 34.9. The number of para-hydroxylation sites is 3. The predicted octanol–water partition coefficient (Wildman–Crippen LogP) is 12.9. The van der Waals surface area contributed by atoms with Gasteiger partial charge in [-0.3, -0.25) is 0 Å². The number of fused-ring (bicyclic) bond motifs is 14. The first-order valence-electron chi connectivity index (χ1n) is 20.1. The highest BCUT2D eigenvalue weighted by Crippen LogP contribution is 2.89. The number of benzene rings is 7. The van der Waals surface area contributed by atoms with Crippen LogP contribution in [-0.2, 0) is 5.41 Å². The molecule has 5 aliphatic rings. The molecule has 2 spiro atoms. The molecular formula is C52H38N2. The first-order valence-corrected chi connectivity index (χ1v) is 20.1. The molecule has 7 aromatic carbocycles. The molecule has 2 bridgehead atoms. The summed E-state index contributed by atoms with van der Waals surface area (Å²) in [4.78, 5) is 0. The first kappa shape index (κ1) is 28.6. The lowest BCUT2D eigenvalue weighted by Crippen LogP contribution is -2.73. The van der Waals surface area contributed by atoms with E-state index in [1.54, 1.807) is 11.1 Å². The molecular weight excluding hydrogens is 653 g/mol. The second kappa shape index (κ2) is 9.62. The van der Waals surface area contributed by atoms with Crippen LogP contribution in [0.15, 0.2) is 158 Å². The molecule has 4 saturated carbocycles. The van der Waals surface area contributed by atoms with Crippen molar-refractivity contribution in [3.63, 3.8) is 0 Å². The number of hydrogen-bond acceptors (Lipinski definition) is 0. The SMILES string of the molecule is c1cc(-n2c3ccccc3c3ccccc32)cc(-n2c3ccccc3c3cc(-c4ccc5c(c4)-c4ccccc4C54C5CC6CC7CC4C75C6)ccc32)c1. The molecule has 9 aromatic rings. The molecule has 0 N–H and O–H groups in total. The average molecular weight is 691 g/mol. The largest absolute Gasteiger partial charge is 0.309 e. The summed E-state index contributed by atoms with van der Waals surface area (Å²) >= 11 is 0. The Morgan fingerprint density at radius 2 is 1.00 bits per heavy atom. The van der Waals surface area contributed by atoms with Crippen LogP contribution in [0.2, 0.25) is 0 Å². The minimum atomic E-state index is 0.251. The predicted molar refractivity (Wildman–Crippen MR) is 222 cm³/mol. The van der Waals surface area contributed by atoms with Gasteiger partial charge in [0.05, 0.1) is 22.1 Å². The van der Waals surface area contributed by atoms with E-state index in [2.05, 4.69) is 167 Å². The Bertz CT molecular complexity index is 3070. The van der Waals surface area contributed by atoms with Crippen LogP contribution in [0, 0.1) is 29.1 Å². The van der Waals surface area contributed by atoms with E-state index in [1.807, 2.05) is 0 Å². The van der Waals surface area contributed by atoms with Crippen molar-refractivity contribution >= 4 is 43.6 Å². The Balaban J connectivity index is 0.919. The van der Waals surface area contributed by atoms with Crippen LogP contribution in [0.5, 0.6) is 0 Å². The van der Waals surface area contributed by atoms with Crippen LogP contribution in [0.3, 0.4) is 0 Å². The summed E-state index contributed by atoms with van der Waals surface area (Å²) in [6.07, 6.45) is 5.93. The molecule has 2 aromatic heterocycles. The third-order valence-corrected chi connectivity index (χ3v) is 15.6. The summed E-state index contributed by atoms with van der Waals surface area (Å²) in [6, 6.07) is 59.8. The van der Waals surface area contributed by atoms with E-state index in [9.17, 15) is 0 Å². The van der Waals surface area contributed by atoms with Crippen molar-refractivity contribution in [1.29, 1.82) is 0 Å². The van der Waals surface area contributed by atoms with Crippen molar-refractivity contribution in [3.8, 4) is 33.6 Å². The monoisotopic (exact) mass is 690 g/mol. The standard InChI is InChI=1S/C52H38N2/c1-5-16-43-37(12-1)41-26-32(20-22-44(41)52(43)49-25-31-24-34-28-50(52)51(34,49)30-31)33-21-23-48-42(27-33)40-15-4-8-19-47(40)54(48)36-11-9-10-35(29-36)53-45-17-6-2-13-38(45)39-14-3-7-18-46(39)53/h1-23,26-27,29,31,34,49-50H,24-25,28,30H2. The van der Waals surface area contributed by atoms with Gasteiger partial charge in [-0.2, -0.15) is 0 Å². The van der Waals surface area contributed by atoms with Gasteiger partial charge in [0.15, 0.2) is 0 Å². The number of rotatable bonds is 3. The number of aromatic nitrogens is 2. The summed E-state index contributed by atoms with van der Waals surface area (Å²) in [6.45, 7) is 0. The van der Waals surface area contributed by atoms with Crippen molar-refractivity contribution in [1.82, 2.24) is 9.13 Å². The van der Waals surface area contributed by atoms with Crippen molar-refractivity contribution in [3.05, 3.63) is 169 Å². The van der Waals surface area contributed by atoms with Crippen molar-refractivity contribution in [2.24, 2.45) is 29.1 Å². The zero-order valence-corrected chi connectivity index (χ0v) is 30.0. The highest BCUT2D eigenvalue weighted by molar-refractivity contribution is 6.11. The fraction of sp³-hybridized carbons (Fsp3) is 0.192. The van der Waals surface area contributed by atoms with Crippen molar-refractivity contribution in [2.45, 2.75) is 31.1 Å². The Morgan fingerprint density at radius 3 is 1.72 bits per heavy atom. The second-order valence-electron chi connectivity index (χ2n) is 17.3. The molecule has 0 saturated heterocycles. The minimum Gasteiger partial charge on any atom is -0.309 e. The molecule has 6 atom stereocenters. The van der Waals surface area contributed by atoms with Gasteiger partial charge in [-0.05, 0) is 143 Å². The molecule has 54 heavy (non-hydrogen) atoms. The lowest BCUT2D eigenvalue weighted by molar-refractivity contribution is -0.231. The third kappa shape index (κ3) is 3.14. The van der Waals surface area contributed by atoms with Crippen LogP contribution in [-0.4, -0.2) is 9.13 Å². The molecule has 0 amide bonds. The maximum atomic E-state index is 2.56. The summed E-state index contributed by atoms with van der Waals surface area (Å²) < 4.78 is 4.88. The smallest absolute Gasteiger partial charge is 0.0541 e. The molecule has 14 rings (SSSR count). The summed E-state index contributed by atoms with van der Waals surface area (Å²) in [7, 11) is 0. The van der Waals surface area contributed by atoms with Gasteiger partial charge in [-0.15, -0.1) is 0 Å². The average Bonchev–Trinajstić information content (AvgIpc) is 4.00. The Morgan fingerprint density at radius 1 is 0.426 bits per heavy atom. The van der Waals surface area contributed by atoms with E-state index >= 15 is 0 Å². The fourth-order valence-electron chi connectivity index (χ4n) is 13.9. The molecule has 2 heteroatoms. The quantitative estimate of drug-likeness (QED) is 0.175. The topological polar surface area (TPSA) is 9.86 Å². The van der Waals surface area contributed by atoms with Gasteiger partial charge < -0.3 is 9.13 Å². The highest BCUT2D eigenvalue weighted by atomic mass is 15.0. The molecule has 6 unspecified atom stereocenters. The molecule has 2 heterocycles. The summed E-state index contributed by atoms with van der Waals surface area (Å²) in [5, 5.41) is 5.16. The molecule has 256 valence electrons. The fourth-order valence-corrected chi connectivity index (χ4v) is 13.9. The van der Waals surface area contributed by atoms with Gasteiger partial charge in [0.25, 0.3) is 0 Å². The maximum Gasteiger partial charge on any atom is 0.0541 e. The normalized spacial score (nSPS) is 26.7. The van der Waals surface area contributed by atoms with Crippen LogP contribution in [0.1, 0.15) is 36.8 Å². The van der Waals surface area contributed by atoms with Gasteiger partial charge in [-0.25, -0.2) is 0 Å². The van der Waals surface area contributed by atoms with E-state index in [0.29, 0.717) is 5.41 Å². The van der Waals surface area contributed by atoms with Gasteiger partial charge >= 0.3 is 0 Å². The molecule has 0 aliphatic heterocycles. The van der Waals surface area contributed by atoms with E-state index in [0.717, 1.165) is 23.7 Å². The Labute approximate surface area is 314 Å². The van der Waals surface area contributed by atoms with Gasteiger partial charge in [0.2, 0.25) is 0 Å². The third-order valence-electron chi connectivity index (χ3n) is 15.6. The van der Waals surface area contributed by atoms with Gasteiger partial charge in [0.1, 0.15) is 0 Å². The van der Waals surface area contributed by atoms with E-state index in [4.69, 9.17) is 0 Å². The van der Waals surface area contributed by atoms with Crippen LogP contribution >= 0.6 is 0 Å². The molecule has 5 aliphatic carbocycles. The molecule has 4 fully saturated rings. The van der Waals surface area contributed by atoms with Crippen molar-refractivity contribution in [2.75, 3.05) is 0 Å². The van der Waals surface area contributed by atoms with Crippen molar-refractivity contribution < 1.29 is 0 Å². The van der Waals surface area contributed by atoms with Crippen LogP contribution in [0.25, 0.3) is 77.2 Å². The first-order chi connectivity index (χ1) is 26.7. The van der Waals surface area contributed by atoms with Gasteiger partial charge in [0, 0.05) is 38.3 Å². The lowest BCUT2D eigenvalue weighted by atomic mass is 9.27. The number of hydrogen-bond donors (Lipinski definition) is 0. The van der Waals surface area contributed by atoms with E-state index in [-0.39, 0.29) is 5.41 Å². The second-order valence-corrected chi connectivity index (χ2v) is 17.3. The minimum absolute atomic E-state index is 0.251. The lowest BCUT2D eigenvalue weighted by Gasteiger charge is -2.76. The van der Waals surface area contributed by atoms with Gasteiger partial charge in [-0.1, -0.05) is 103 Å². The zero-order valence-electron chi connectivity index (χ0n) is 30.0. The Kier molecular flexibility index (Phi) is 5.10. The maximum absolute atomic E-state index is 2.56. The molecule has 0 radical (unpaired) electrons. The summed E-state index contributed by atoms with van der Waals surface area (Å²) in [5.74, 6) is 3.68. The van der Waals surface area contributed by atoms with Crippen LogP contribution in [0.4, 0.5) is 0 Å². The summed E-state index contributed by atoms with van der Waals surface area (Å²) in [5.41, 5.74) is 17.1. The Hall–Kier alpha value is -5.86. The number of nitrogens with zero attached hydrogens (tertiary/aromatic N) is 2. The van der Waals surface area contributed by atoms with E-state index < -0.39 is 0 Å². The molecule has 2 nitrogen and oxygen atoms in total.